The second kappa shape index (κ2) is 10.2. The number of aryl methyl sites for hydroxylation is 1. The van der Waals surface area contributed by atoms with Crippen molar-refractivity contribution in [3.63, 3.8) is 0 Å². The van der Waals surface area contributed by atoms with E-state index in [1.54, 1.807) is 60.3 Å². The Labute approximate surface area is 184 Å². The highest BCUT2D eigenvalue weighted by molar-refractivity contribution is 8.00. The molecule has 0 saturated carbocycles. The van der Waals surface area contributed by atoms with E-state index in [4.69, 9.17) is 4.74 Å². The van der Waals surface area contributed by atoms with E-state index in [0.717, 1.165) is 15.6 Å². The molecule has 0 heterocycles. The number of para-hydroxylation sites is 2. The van der Waals surface area contributed by atoms with Crippen LogP contribution in [0.3, 0.4) is 0 Å². The predicted octanol–water partition coefficient (Wildman–Crippen LogP) is 3.85. The van der Waals surface area contributed by atoms with Crippen molar-refractivity contribution in [3.8, 4) is 5.75 Å². The lowest BCUT2D eigenvalue weighted by atomic mass is 10.2. The maximum atomic E-state index is 13.4. The zero-order chi connectivity index (χ0) is 22.4. The minimum absolute atomic E-state index is 0.100. The van der Waals surface area contributed by atoms with Crippen molar-refractivity contribution in [1.82, 2.24) is 5.32 Å². The SMILES string of the molecule is COc1ccccc1N(CC(=O)NCCSC(C)(C)C)S(=O)(=O)c1ccc(C)cc1. The Morgan fingerprint density at radius 1 is 1.10 bits per heavy atom. The molecule has 0 bridgehead atoms. The molecule has 2 aromatic carbocycles. The summed E-state index contributed by atoms with van der Waals surface area (Å²) in [6, 6.07) is 13.3. The van der Waals surface area contributed by atoms with Crippen molar-refractivity contribution in [2.24, 2.45) is 0 Å². The molecule has 0 radical (unpaired) electrons. The van der Waals surface area contributed by atoms with Crippen LogP contribution >= 0.6 is 11.8 Å². The number of thioether (sulfide) groups is 1. The highest BCUT2D eigenvalue weighted by Crippen LogP contribution is 2.32. The average Bonchev–Trinajstić information content (AvgIpc) is 2.69. The minimum atomic E-state index is -3.97. The Hall–Kier alpha value is -2.19. The molecule has 0 unspecified atom stereocenters. The van der Waals surface area contributed by atoms with Gasteiger partial charge in [0.05, 0.1) is 17.7 Å². The molecule has 0 spiro atoms. The van der Waals surface area contributed by atoms with Crippen LogP contribution in [-0.4, -0.2) is 45.0 Å². The van der Waals surface area contributed by atoms with E-state index >= 15 is 0 Å². The summed E-state index contributed by atoms with van der Waals surface area (Å²) in [7, 11) is -2.49. The molecule has 0 atom stereocenters. The summed E-state index contributed by atoms with van der Waals surface area (Å²) < 4.78 is 33.3. The number of nitrogens with zero attached hydrogens (tertiary/aromatic N) is 1. The summed E-state index contributed by atoms with van der Waals surface area (Å²) >= 11 is 1.73. The van der Waals surface area contributed by atoms with Gasteiger partial charge in [-0.2, -0.15) is 11.8 Å². The molecular formula is C22H30N2O4S2. The molecule has 1 amide bonds. The van der Waals surface area contributed by atoms with E-state index in [9.17, 15) is 13.2 Å². The Bertz CT molecular complexity index is 952. The second-order valence-electron chi connectivity index (χ2n) is 7.81. The molecule has 8 heteroatoms. The van der Waals surface area contributed by atoms with E-state index in [2.05, 4.69) is 26.1 Å². The number of nitrogens with one attached hydrogen (secondary N) is 1. The molecule has 1 N–H and O–H groups in total. The van der Waals surface area contributed by atoms with Gasteiger partial charge >= 0.3 is 0 Å². The van der Waals surface area contributed by atoms with E-state index in [1.165, 1.54) is 7.11 Å². The topological polar surface area (TPSA) is 75.7 Å². The van der Waals surface area contributed by atoms with Gasteiger partial charge < -0.3 is 10.1 Å². The van der Waals surface area contributed by atoms with Crippen LogP contribution in [0, 0.1) is 6.92 Å². The van der Waals surface area contributed by atoms with Gasteiger partial charge in [-0.1, -0.05) is 50.6 Å². The number of ether oxygens (including phenoxy) is 1. The first-order chi connectivity index (χ1) is 14.0. The fourth-order valence-electron chi connectivity index (χ4n) is 2.71. The van der Waals surface area contributed by atoms with Gasteiger partial charge in [0.2, 0.25) is 5.91 Å². The van der Waals surface area contributed by atoms with E-state index in [0.29, 0.717) is 18.0 Å². The van der Waals surface area contributed by atoms with Gasteiger partial charge in [0.1, 0.15) is 12.3 Å². The van der Waals surface area contributed by atoms with Crippen LogP contribution in [0.2, 0.25) is 0 Å². The van der Waals surface area contributed by atoms with E-state index in [-0.39, 0.29) is 22.1 Å². The van der Waals surface area contributed by atoms with Crippen LogP contribution in [0.15, 0.2) is 53.4 Å². The second-order valence-corrected chi connectivity index (χ2v) is 11.6. The number of carbonyl (C=O) groups excluding carboxylic acids is 1. The predicted molar refractivity (Wildman–Crippen MR) is 124 cm³/mol. The largest absolute Gasteiger partial charge is 0.495 e. The summed E-state index contributed by atoms with van der Waals surface area (Å²) in [4.78, 5) is 12.7. The molecule has 2 rings (SSSR count). The van der Waals surface area contributed by atoms with Crippen molar-refractivity contribution in [2.45, 2.75) is 37.3 Å². The molecule has 0 aromatic heterocycles. The normalized spacial score (nSPS) is 11.8. The van der Waals surface area contributed by atoms with Gasteiger partial charge in [-0.25, -0.2) is 8.42 Å². The maximum absolute atomic E-state index is 13.4. The van der Waals surface area contributed by atoms with Crippen molar-refractivity contribution < 1.29 is 17.9 Å². The van der Waals surface area contributed by atoms with Gasteiger partial charge in [-0.15, -0.1) is 0 Å². The van der Waals surface area contributed by atoms with Gasteiger partial charge in [-0.05, 0) is 31.2 Å². The molecule has 2 aromatic rings. The number of sulfonamides is 1. The van der Waals surface area contributed by atoms with Crippen LogP contribution in [0.4, 0.5) is 5.69 Å². The number of methoxy groups -OCH3 is 1. The van der Waals surface area contributed by atoms with Crippen LogP contribution < -0.4 is 14.4 Å². The highest BCUT2D eigenvalue weighted by Gasteiger charge is 2.29. The Morgan fingerprint density at radius 2 is 1.73 bits per heavy atom. The molecule has 0 saturated heterocycles. The first kappa shape index (κ1) is 24.1. The Kier molecular flexibility index (Phi) is 8.20. The summed E-state index contributed by atoms with van der Waals surface area (Å²) in [5.41, 5.74) is 1.27. The smallest absolute Gasteiger partial charge is 0.264 e. The van der Waals surface area contributed by atoms with E-state index in [1.807, 2.05) is 6.92 Å². The summed E-state index contributed by atoms with van der Waals surface area (Å²) in [6.07, 6.45) is 0. The maximum Gasteiger partial charge on any atom is 0.264 e. The fraction of sp³-hybridized carbons (Fsp3) is 0.409. The third kappa shape index (κ3) is 6.67. The van der Waals surface area contributed by atoms with Gasteiger partial charge in [-0.3, -0.25) is 9.10 Å². The lowest BCUT2D eigenvalue weighted by Gasteiger charge is -2.25. The molecule has 30 heavy (non-hydrogen) atoms. The van der Waals surface area contributed by atoms with Crippen LogP contribution in [0.1, 0.15) is 26.3 Å². The summed E-state index contributed by atoms with van der Waals surface area (Å²) in [6.45, 7) is 8.34. The number of amides is 1. The van der Waals surface area contributed by atoms with Gasteiger partial charge in [0.15, 0.2) is 0 Å². The molecule has 0 aliphatic rings. The minimum Gasteiger partial charge on any atom is -0.495 e. The highest BCUT2D eigenvalue weighted by atomic mass is 32.2. The number of anilines is 1. The zero-order valence-corrected chi connectivity index (χ0v) is 19.8. The van der Waals surface area contributed by atoms with Crippen molar-refractivity contribution in [3.05, 3.63) is 54.1 Å². The molecule has 0 aliphatic heterocycles. The van der Waals surface area contributed by atoms with Crippen LogP contribution in [-0.2, 0) is 14.8 Å². The van der Waals surface area contributed by atoms with Crippen LogP contribution in [0.5, 0.6) is 5.75 Å². The number of hydrogen-bond donors (Lipinski definition) is 1. The number of carbonyl (C=O) groups is 1. The number of hydrogen-bond acceptors (Lipinski definition) is 5. The molecule has 0 fully saturated rings. The quantitative estimate of drug-likeness (QED) is 0.588. The first-order valence-corrected chi connectivity index (χ1v) is 12.1. The molecular weight excluding hydrogens is 420 g/mol. The standard InChI is InChI=1S/C22H30N2O4S2/c1-17-10-12-18(13-11-17)30(26,27)24(19-8-6-7-9-20(19)28-5)16-21(25)23-14-15-29-22(2,3)4/h6-13H,14-16H2,1-5H3,(H,23,25). The molecule has 164 valence electrons. The fourth-order valence-corrected chi connectivity index (χ4v) is 4.95. The lowest BCUT2D eigenvalue weighted by molar-refractivity contribution is -0.119. The van der Waals surface area contributed by atoms with Crippen molar-refractivity contribution in [2.75, 3.05) is 30.3 Å². The van der Waals surface area contributed by atoms with E-state index < -0.39 is 10.0 Å². The third-order valence-electron chi connectivity index (χ3n) is 4.21. The Morgan fingerprint density at radius 3 is 2.33 bits per heavy atom. The zero-order valence-electron chi connectivity index (χ0n) is 18.1. The number of rotatable bonds is 9. The van der Waals surface area contributed by atoms with Gasteiger partial charge in [0.25, 0.3) is 10.0 Å². The monoisotopic (exact) mass is 450 g/mol. The lowest BCUT2D eigenvalue weighted by Crippen LogP contribution is -2.41. The van der Waals surface area contributed by atoms with Gasteiger partial charge in [0, 0.05) is 17.0 Å². The van der Waals surface area contributed by atoms with Crippen molar-refractivity contribution in [1.29, 1.82) is 0 Å². The first-order valence-electron chi connectivity index (χ1n) is 9.67. The van der Waals surface area contributed by atoms with Crippen LogP contribution in [0.25, 0.3) is 0 Å². The molecule has 6 nitrogen and oxygen atoms in total. The summed E-state index contributed by atoms with van der Waals surface area (Å²) in [5.74, 6) is 0.754. The third-order valence-corrected chi connectivity index (χ3v) is 7.26. The molecule has 0 aliphatic carbocycles. The summed E-state index contributed by atoms with van der Waals surface area (Å²) in [5, 5.41) is 2.82. The Balaban J connectivity index is 2.28. The van der Waals surface area contributed by atoms with Crippen molar-refractivity contribution >= 4 is 33.4 Å². The number of benzene rings is 2. The average molecular weight is 451 g/mol.